The Morgan fingerprint density at radius 2 is 2.24 bits per heavy atom. The van der Waals surface area contributed by atoms with Gasteiger partial charge in [-0.05, 0) is 0 Å². The molecule has 0 saturated heterocycles. The number of halogens is 1. The van der Waals surface area contributed by atoms with Crippen molar-refractivity contribution in [3.05, 3.63) is 39.7 Å². The average Bonchev–Trinajstić information content (AvgIpc) is 2.27. The average molecular weight is 270 g/mol. The minimum atomic E-state index is -0.276. The standard InChI is InChI=1S/C9H8ClN5OS/c10-6-3-12-5(2-13-6)4-17-9-14-7(11)1-8(16)15-9/h1-3H,4H2,(H3,11,14,15,16). The molecule has 3 N–H and O–H groups in total. The van der Waals surface area contributed by atoms with Crippen molar-refractivity contribution in [2.45, 2.75) is 10.9 Å². The maximum absolute atomic E-state index is 11.1. The van der Waals surface area contributed by atoms with Crippen LogP contribution in [0.4, 0.5) is 5.82 Å². The molecule has 2 aromatic rings. The summed E-state index contributed by atoms with van der Waals surface area (Å²) in [6.07, 6.45) is 3.03. The van der Waals surface area contributed by atoms with E-state index < -0.39 is 0 Å². The molecule has 0 bridgehead atoms. The number of thioether (sulfide) groups is 1. The molecule has 0 aliphatic carbocycles. The third kappa shape index (κ3) is 3.43. The number of aromatic nitrogens is 4. The first kappa shape index (κ1) is 11.9. The van der Waals surface area contributed by atoms with Crippen molar-refractivity contribution in [1.29, 1.82) is 0 Å². The topological polar surface area (TPSA) is 97.6 Å². The lowest BCUT2D eigenvalue weighted by atomic mass is 10.5. The summed E-state index contributed by atoms with van der Waals surface area (Å²) in [5.74, 6) is 0.717. The zero-order valence-electron chi connectivity index (χ0n) is 8.55. The van der Waals surface area contributed by atoms with Crippen LogP contribution >= 0.6 is 23.4 Å². The molecule has 0 fully saturated rings. The zero-order chi connectivity index (χ0) is 12.3. The first-order valence-corrected chi connectivity index (χ1v) is 5.96. The van der Waals surface area contributed by atoms with Gasteiger partial charge < -0.3 is 10.7 Å². The van der Waals surface area contributed by atoms with Crippen LogP contribution < -0.4 is 11.3 Å². The van der Waals surface area contributed by atoms with Crippen molar-refractivity contribution in [1.82, 2.24) is 19.9 Å². The number of nitrogen functional groups attached to an aromatic ring is 1. The molecular formula is C9H8ClN5OS. The van der Waals surface area contributed by atoms with Crippen LogP contribution in [0.5, 0.6) is 0 Å². The van der Waals surface area contributed by atoms with Crippen LogP contribution in [0.1, 0.15) is 5.69 Å². The van der Waals surface area contributed by atoms with Gasteiger partial charge in [-0.1, -0.05) is 23.4 Å². The lowest BCUT2D eigenvalue weighted by Crippen LogP contribution is -2.09. The highest BCUT2D eigenvalue weighted by atomic mass is 35.5. The molecule has 0 saturated carbocycles. The number of hydrogen-bond acceptors (Lipinski definition) is 6. The minimum Gasteiger partial charge on any atom is -0.383 e. The smallest absolute Gasteiger partial charge is 0.253 e. The molecule has 88 valence electrons. The first-order valence-electron chi connectivity index (χ1n) is 4.59. The monoisotopic (exact) mass is 269 g/mol. The van der Waals surface area contributed by atoms with Crippen LogP contribution in [0, 0.1) is 0 Å². The van der Waals surface area contributed by atoms with Gasteiger partial charge in [0, 0.05) is 11.8 Å². The molecule has 0 radical (unpaired) electrons. The Labute approximate surface area is 106 Å². The molecule has 0 aliphatic heterocycles. The van der Waals surface area contributed by atoms with E-state index in [-0.39, 0.29) is 11.4 Å². The van der Waals surface area contributed by atoms with E-state index in [9.17, 15) is 4.79 Å². The number of hydrogen-bond donors (Lipinski definition) is 2. The van der Waals surface area contributed by atoms with E-state index in [0.29, 0.717) is 16.1 Å². The Balaban J connectivity index is 2.07. The van der Waals surface area contributed by atoms with Gasteiger partial charge in [-0.3, -0.25) is 9.78 Å². The molecule has 0 amide bonds. The van der Waals surface area contributed by atoms with Gasteiger partial charge in [0.25, 0.3) is 5.56 Å². The fraction of sp³-hybridized carbons (Fsp3) is 0.111. The van der Waals surface area contributed by atoms with Crippen LogP contribution in [0.3, 0.4) is 0 Å². The van der Waals surface area contributed by atoms with Crippen molar-refractivity contribution >= 4 is 29.2 Å². The summed E-state index contributed by atoms with van der Waals surface area (Å²) in [4.78, 5) is 25.7. The van der Waals surface area contributed by atoms with Gasteiger partial charge in [-0.2, -0.15) is 0 Å². The van der Waals surface area contributed by atoms with Gasteiger partial charge in [0.05, 0.1) is 18.1 Å². The third-order valence-electron chi connectivity index (χ3n) is 1.77. The largest absolute Gasteiger partial charge is 0.383 e. The SMILES string of the molecule is Nc1cc(=O)[nH]c(SCc2cnc(Cl)cn2)n1. The van der Waals surface area contributed by atoms with Crippen molar-refractivity contribution < 1.29 is 0 Å². The highest BCUT2D eigenvalue weighted by molar-refractivity contribution is 7.98. The second-order valence-corrected chi connectivity index (χ2v) is 4.45. The van der Waals surface area contributed by atoms with Crippen LogP contribution in [-0.2, 0) is 5.75 Å². The van der Waals surface area contributed by atoms with Gasteiger partial charge in [-0.25, -0.2) is 9.97 Å². The van der Waals surface area contributed by atoms with Gasteiger partial charge in [0.2, 0.25) is 0 Å². The van der Waals surface area contributed by atoms with E-state index >= 15 is 0 Å². The summed E-state index contributed by atoms with van der Waals surface area (Å²) in [5, 5.41) is 0.793. The zero-order valence-corrected chi connectivity index (χ0v) is 10.1. The Hall–Kier alpha value is -1.60. The van der Waals surface area contributed by atoms with E-state index in [0.717, 1.165) is 5.69 Å². The van der Waals surface area contributed by atoms with Crippen LogP contribution in [0.25, 0.3) is 0 Å². The summed E-state index contributed by atoms with van der Waals surface area (Å²) >= 11 is 6.93. The number of nitrogens with one attached hydrogen (secondary N) is 1. The lowest BCUT2D eigenvalue weighted by Gasteiger charge is -2.01. The predicted octanol–water partition coefficient (Wildman–Crippen LogP) is 1.09. The van der Waals surface area contributed by atoms with Gasteiger partial charge in [-0.15, -0.1) is 0 Å². The molecule has 2 heterocycles. The second kappa shape index (κ2) is 5.15. The first-order chi connectivity index (χ1) is 8.13. The van der Waals surface area contributed by atoms with Crippen LogP contribution in [-0.4, -0.2) is 19.9 Å². The quantitative estimate of drug-likeness (QED) is 0.639. The van der Waals surface area contributed by atoms with Crippen molar-refractivity contribution in [2.75, 3.05) is 5.73 Å². The molecule has 6 nitrogen and oxygen atoms in total. The summed E-state index contributed by atoms with van der Waals surface area (Å²) in [5.41, 5.74) is 5.92. The number of nitrogens with zero attached hydrogens (tertiary/aromatic N) is 3. The molecule has 0 atom stereocenters. The summed E-state index contributed by atoms with van der Waals surface area (Å²) in [6, 6.07) is 1.23. The molecule has 0 spiro atoms. The maximum atomic E-state index is 11.1. The van der Waals surface area contributed by atoms with Crippen molar-refractivity contribution in [3.8, 4) is 0 Å². The second-order valence-electron chi connectivity index (χ2n) is 3.09. The molecule has 0 unspecified atom stereocenters. The Morgan fingerprint density at radius 3 is 2.88 bits per heavy atom. The van der Waals surface area contributed by atoms with Gasteiger partial charge in [0.15, 0.2) is 5.16 Å². The normalized spacial score (nSPS) is 10.4. The molecule has 0 aliphatic rings. The molecule has 2 rings (SSSR count). The highest BCUT2D eigenvalue weighted by Crippen LogP contribution is 2.17. The van der Waals surface area contributed by atoms with Crippen LogP contribution in [0.15, 0.2) is 28.4 Å². The minimum absolute atomic E-state index is 0.193. The fourth-order valence-corrected chi connectivity index (χ4v) is 1.95. The Morgan fingerprint density at radius 1 is 1.41 bits per heavy atom. The number of nitrogens with two attached hydrogens (primary N) is 1. The molecule has 2 aromatic heterocycles. The molecule has 8 heteroatoms. The van der Waals surface area contributed by atoms with Crippen molar-refractivity contribution in [2.24, 2.45) is 0 Å². The maximum Gasteiger partial charge on any atom is 0.253 e. The van der Waals surface area contributed by atoms with E-state index in [1.54, 1.807) is 6.20 Å². The van der Waals surface area contributed by atoms with E-state index in [1.807, 2.05) is 0 Å². The van der Waals surface area contributed by atoms with E-state index in [2.05, 4.69) is 19.9 Å². The molecule has 0 aromatic carbocycles. The number of rotatable bonds is 3. The number of aromatic amines is 1. The number of anilines is 1. The van der Waals surface area contributed by atoms with Crippen molar-refractivity contribution in [3.63, 3.8) is 0 Å². The van der Waals surface area contributed by atoms with Gasteiger partial charge in [0.1, 0.15) is 11.0 Å². The molecule has 17 heavy (non-hydrogen) atoms. The van der Waals surface area contributed by atoms with Gasteiger partial charge >= 0.3 is 0 Å². The molecular weight excluding hydrogens is 262 g/mol. The number of H-pyrrole nitrogens is 1. The Kier molecular flexibility index (Phi) is 3.60. The summed E-state index contributed by atoms with van der Waals surface area (Å²) in [6.45, 7) is 0. The highest BCUT2D eigenvalue weighted by Gasteiger charge is 2.02. The van der Waals surface area contributed by atoms with Crippen LogP contribution in [0.2, 0.25) is 5.15 Å². The fourth-order valence-electron chi connectivity index (χ4n) is 1.08. The third-order valence-corrected chi connectivity index (χ3v) is 2.87. The Bertz CT molecular complexity index is 570. The van der Waals surface area contributed by atoms with E-state index in [1.165, 1.54) is 24.0 Å². The summed E-state index contributed by atoms with van der Waals surface area (Å²) in [7, 11) is 0. The predicted molar refractivity (Wildman–Crippen MR) is 65.9 cm³/mol. The summed E-state index contributed by atoms with van der Waals surface area (Å²) < 4.78 is 0. The lowest BCUT2D eigenvalue weighted by molar-refractivity contribution is 0.942. The van der Waals surface area contributed by atoms with E-state index in [4.69, 9.17) is 17.3 Å².